The fraction of sp³-hybridized carbons (Fsp3) is 0.615. The molecule has 0 aliphatic carbocycles. The van der Waals surface area contributed by atoms with E-state index in [2.05, 4.69) is 44.6 Å². The van der Waals surface area contributed by atoms with Crippen molar-refractivity contribution in [3.63, 3.8) is 0 Å². The number of anilines is 1. The van der Waals surface area contributed by atoms with Crippen molar-refractivity contribution in [3.05, 3.63) is 23.9 Å². The summed E-state index contributed by atoms with van der Waals surface area (Å²) in [6.07, 6.45) is 1.73. The number of aromatic nitrogens is 1. The molecule has 1 atom stereocenters. The highest BCUT2D eigenvalue weighted by molar-refractivity contribution is 5.38. The van der Waals surface area contributed by atoms with E-state index < -0.39 is 0 Å². The van der Waals surface area contributed by atoms with Gasteiger partial charge in [-0.15, -0.1) is 0 Å². The minimum Gasteiger partial charge on any atom is -0.383 e. The van der Waals surface area contributed by atoms with E-state index in [0.717, 1.165) is 12.1 Å². The van der Waals surface area contributed by atoms with Crippen LogP contribution in [0.4, 0.5) is 5.82 Å². The molecule has 0 saturated heterocycles. The Labute approximate surface area is 98.7 Å². The predicted molar refractivity (Wildman–Crippen MR) is 69.0 cm³/mol. The summed E-state index contributed by atoms with van der Waals surface area (Å²) in [5, 5.41) is 0. The smallest absolute Gasteiger partial charge is 0.127 e. The third-order valence-corrected chi connectivity index (χ3v) is 3.26. The third-order valence-electron chi connectivity index (χ3n) is 3.26. The lowest BCUT2D eigenvalue weighted by molar-refractivity contribution is 0.135. The summed E-state index contributed by atoms with van der Waals surface area (Å²) in [6.45, 7) is 9.84. The molecule has 0 fully saturated rings. The van der Waals surface area contributed by atoms with Gasteiger partial charge in [0, 0.05) is 24.3 Å². The number of nitrogens with zero attached hydrogens (tertiary/aromatic N) is 2. The lowest BCUT2D eigenvalue weighted by atomic mass is 9.87. The van der Waals surface area contributed by atoms with Crippen LogP contribution in [-0.2, 0) is 6.54 Å². The van der Waals surface area contributed by atoms with E-state index in [1.54, 1.807) is 6.20 Å². The molecule has 0 amide bonds. The molecule has 90 valence electrons. The number of hydrogen-bond donors (Lipinski definition) is 1. The van der Waals surface area contributed by atoms with Gasteiger partial charge in [0.15, 0.2) is 0 Å². The molecule has 0 aliphatic heterocycles. The van der Waals surface area contributed by atoms with Crippen LogP contribution in [0.2, 0.25) is 0 Å². The zero-order chi connectivity index (χ0) is 12.3. The molecule has 3 nitrogen and oxygen atoms in total. The van der Waals surface area contributed by atoms with Gasteiger partial charge in [0.1, 0.15) is 5.82 Å². The Morgan fingerprint density at radius 3 is 2.56 bits per heavy atom. The van der Waals surface area contributed by atoms with Crippen LogP contribution in [0.5, 0.6) is 0 Å². The van der Waals surface area contributed by atoms with Crippen molar-refractivity contribution in [3.8, 4) is 0 Å². The fourth-order valence-electron chi connectivity index (χ4n) is 1.65. The first-order valence-corrected chi connectivity index (χ1v) is 5.72. The maximum atomic E-state index is 5.84. The van der Waals surface area contributed by atoms with Crippen LogP contribution in [0.25, 0.3) is 0 Å². The minimum atomic E-state index is 0.270. The van der Waals surface area contributed by atoms with Crippen molar-refractivity contribution in [2.75, 3.05) is 12.8 Å². The van der Waals surface area contributed by atoms with E-state index in [9.17, 15) is 0 Å². The second kappa shape index (κ2) is 4.83. The van der Waals surface area contributed by atoms with E-state index in [0.29, 0.717) is 11.9 Å². The van der Waals surface area contributed by atoms with Gasteiger partial charge in [0.25, 0.3) is 0 Å². The van der Waals surface area contributed by atoms with Crippen LogP contribution in [0, 0.1) is 5.41 Å². The second-order valence-corrected chi connectivity index (χ2v) is 5.50. The van der Waals surface area contributed by atoms with Crippen LogP contribution < -0.4 is 5.73 Å². The van der Waals surface area contributed by atoms with Gasteiger partial charge in [-0.25, -0.2) is 4.98 Å². The summed E-state index contributed by atoms with van der Waals surface area (Å²) < 4.78 is 0. The topological polar surface area (TPSA) is 42.2 Å². The van der Waals surface area contributed by atoms with E-state index in [1.165, 1.54) is 0 Å². The average molecular weight is 221 g/mol. The second-order valence-electron chi connectivity index (χ2n) is 5.50. The molecule has 1 rings (SSSR count). The molecule has 1 unspecified atom stereocenters. The monoisotopic (exact) mass is 221 g/mol. The Balaban J connectivity index is 2.72. The Hall–Kier alpha value is -1.09. The molecule has 2 N–H and O–H groups in total. The van der Waals surface area contributed by atoms with Gasteiger partial charge in [0.2, 0.25) is 0 Å². The summed E-state index contributed by atoms with van der Waals surface area (Å²) in [7, 11) is 2.13. The zero-order valence-electron chi connectivity index (χ0n) is 11.0. The molecule has 0 aromatic carbocycles. The standard InChI is InChI=1S/C13H23N3/c1-10(13(2,3)4)16(5)9-11-7-6-8-15-12(11)14/h6-8,10H,9H2,1-5H3,(H2,14,15). The zero-order valence-corrected chi connectivity index (χ0v) is 11.0. The number of nitrogen functional groups attached to an aromatic ring is 1. The molecular formula is C13H23N3. The lowest BCUT2D eigenvalue weighted by Crippen LogP contribution is -2.38. The molecule has 16 heavy (non-hydrogen) atoms. The normalized spacial score (nSPS) is 14.1. The fourth-order valence-corrected chi connectivity index (χ4v) is 1.65. The van der Waals surface area contributed by atoms with E-state index in [1.807, 2.05) is 12.1 Å². The molecule has 0 aliphatic rings. The number of nitrogens with two attached hydrogens (primary N) is 1. The van der Waals surface area contributed by atoms with E-state index in [4.69, 9.17) is 5.73 Å². The molecule has 1 heterocycles. The quantitative estimate of drug-likeness (QED) is 0.853. The minimum absolute atomic E-state index is 0.270. The van der Waals surface area contributed by atoms with Gasteiger partial charge in [0.05, 0.1) is 0 Å². The molecule has 0 bridgehead atoms. The first-order valence-electron chi connectivity index (χ1n) is 5.72. The summed E-state index contributed by atoms with van der Waals surface area (Å²) >= 11 is 0. The highest BCUT2D eigenvalue weighted by Crippen LogP contribution is 2.24. The van der Waals surface area contributed by atoms with Gasteiger partial charge >= 0.3 is 0 Å². The van der Waals surface area contributed by atoms with Crippen molar-refractivity contribution >= 4 is 5.82 Å². The van der Waals surface area contributed by atoms with Gasteiger partial charge in [-0.1, -0.05) is 26.8 Å². The highest BCUT2D eigenvalue weighted by Gasteiger charge is 2.24. The third kappa shape index (κ3) is 3.20. The lowest BCUT2D eigenvalue weighted by Gasteiger charge is -2.35. The van der Waals surface area contributed by atoms with Crippen molar-refractivity contribution in [1.29, 1.82) is 0 Å². The Morgan fingerprint density at radius 1 is 1.44 bits per heavy atom. The van der Waals surface area contributed by atoms with Gasteiger partial charge in [-0.3, -0.25) is 4.90 Å². The Bertz CT molecular complexity index is 341. The molecular weight excluding hydrogens is 198 g/mol. The summed E-state index contributed by atoms with van der Waals surface area (Å²) in [6, 6.07) is 4.46. The van der Waals surface area contributed by atoms with E-state index >= 15 is 0 Å². The SMILES string of the molecule is CC(N(C)Cc1cccnc1N)C(C)(C)C. The molecule has 0 spiro atoms. The molecule has 1 aromatic heterocycles. The van der Waals surface area contributed by atoms with Crippen molar-refractivity contribution < 1.29 is 0 Å². The summed E-state index contributed by atoms with van der Waals surface area (Å²) in [5.41, 5.74) is 7.21. The van der Waals surface area contributed by atoms with E-state index in [-0.39, 0.29) is 5.41 Å². The highest BCUT2D eigenvalue weighted by atomic mass is 15.1. The van der Waals surface area contributed by atoms with Gasteiger partial charge in [-0.05, 0) is 25.5 Å². The number of rotatable bonds is 3. The van der Waals surface area contributed by atoms with Crippen LogP contribution in [-0.4, -0.2) is 23.0 Å². The molecule has 0 radical (unpaired) electrons. The summed E-state index contributed by atoms with van der Waals surface area (Å²) in [5.74, 6) is 0.635. The van der Waals surface area contributed by atoms with Crippen molar-refractivity contribution in [2.45, 2.75) is 40.3 Å². The molecule has 0 saturated carbocycles. The first kappa shape index (κ1) is 13.0. The number of hydrogen-bond acceptors (Lipinski definition) is 3. The van der Waals surface area contributed by atoms with Crippen molar-refractivity contribution in [2.24, 2.45) is 5.41 Å². The maximum absolute atomic E-state index is 5.84. The van der Waals surface area contributed by atoms with Crippen LogP contribution in [0.1, 0.15) is 33.3 Å². The van der Waals surface area contributed by atoms with Crippen molar-refractivity contribution in [1.82, 2.24) is 9.88 Å². The first-order chi connectivity index (χ1) is 7.32. The largest absolute Gasteiger partial charge is 0.383 e. The predicted octanol–water partition coefficient (Wildman–Crippen LogP) is 2.53. The molecule has 3 heteroatoms. The van der Waals surface area contributed by atoms with Gasteiger partial charge in [-0.2, -0.15) is 0 Å². The average Bonchev–Trinajstić information content (AvgIpc) is 2.19. The number of pyridine rings is 1. The maximum Gasteiger partial charge on any atom is 0.127 e. The Morgan fingerprint density at radius 2 is 2.06 bits per heavy atom. The van der Waals surface area contributed by atoms with Gasteiger partial charge < -0.3 is 5.73 Å². The van der Waals surface area contributed by atoms with Crippen LogP contribution >= 0.6 is 0 Å². The van der Waals surface area contributed by atoms with Crippen LogP contribution in [0.3, 0.4) is 0 Å². The summed E-state index contributed by atoms with van der Waals surface area (Å²) in [4.78, 5) is 6.42. The Kier molecular flexibility index (Phi) is 3.92. The molecule has 1 aromatic rings. The van der Waals surface area contributed by atoms with Crippen LogP contribution in [0.15, 0.2) is 18.3 Å².